The third-order valence-corrected chi connectivity index (χ3v) is 5.59. The highest BCUT2D eigenvalue weighted by Gasteiger charge is 2.46. The maximum absolute atomic E-state index is 12.5. The van der Waals surface area contributed by atoms with Crippen LogP contribution in [0.3, 0.4) is 0 Å². The van der Waals surface area contributed by atoms with Crippen molar-refractivity contribution in [2.75, 3.05) is 6.54 Å². The maximum Gasteiger partial charge on any atom is 0.289 e. The second-order valence-electron chi connectivity index (χ2n) is 5.14. The van der Waals surface area contributed by atoms with Crippen LogP contribution in [0.2, 0.25) is 0 Å². The Labute approximate surface area is 128 Å². The molecule has 3 rings (SSSR count). The molecule has 0 saturated carbocycles. The zero-order valence-corrected chi connectivity index (χ0v) is 12.4. The van der Waals surface area contributed by atoms with Gasteiger partial charge >= 0.3 is 0 Å². The molecule has 0 aliphatic carbocycles. The first-order valence-electron chi connectivity index (χ1n) is 6.79. The Kier molecular flexibility index (Phi) is 3.67. The Morgan fingerprint density at radius 2 is 1.73 bits per heavy atom. The molecule has 114 valence electrons. The Bertz CT molecular complexity index is 805. The molecule has 1 saturated heterocycles. The van der Waals surface area contributed by atoms with Gasteiger partial charge in [0.1, 0.15) is 0 Å². The molecule has 0 amide bonds. The van der Waals surface area contributed by atoms with E-state index in [4.69, 9.17) is 0 Å². The SMILES string of the molecule is O=[N+]([O-])c1ccccc1S(=O)(=O)N1C[C@@H]1Cc1ccccc1. The van der Waals surface area contributed by atoms with Gasteiger partial charge in [-0.3, -0.25) is 10.1 Å². The van der Waals surface area contributed by atoms with Gasteiger partial charge in [0.05, 0.1) is 4.92 Å². The van der Waals surface area contributed by atoms with Crippen molar-refractivity contribution in [3.8, 4) is 0 Å². The van der Waals surface area contributed by atoms with Crippen molar-refractivity contribution in [3.05, 3.63) is 70.3 Å². The van der Waals surface area contributed by atoms with Crippen LogP contribution in [-0.2, 0) is 16.4 Å². The lowest BCUT2D eigenvalue weighted by atomic mass is 10.1. The van der Waals surface area contributed by atoms with Crippen LogP contribution in [0.15, 0.2) is 59.5 Å². The summed E-state index contributed by atoms with van der Waals surface area (Å²) < 4.78 is 26.4. The van der Waals surface area contributed by atoms with Gasteiger partial charge in [0.15, 0.2) is 4.90 Å². The number of nitrogens with zero attached hydrogens (tertiary/aromatic N) is 2. The summed E-state index contributed by atoms with van der Waals surface area (Å²) in [6, 6.07) is 14.9. The van der Waals surface area contributed by atoms with E-state index in [1.807, 2.05) is 30.3 Å². The second kappa shape index (κ2) is 5.51. The molecule has 2 atom stereocenters. The molecule has 2 aromatic carbocycles. The Hall–Kier alpha value is -2.25. The third-order valence-electron chi connectivity index (χ3n) is 3.63. The smallest absolute Gasteiger partial charge is 0.258 e. The topological polar surface area (TPSA) is 80.3 Å². The van der Waals surface area contributed by atoms with E-state index in [1.54, 1.807) is 0 Å². The van der Waals surface area contributed by atoms with Crippen molar-refractivity contribution in [2.24, 2.45) is 0 Å². The third kappa shape index (κ3) is 2.72. The van der Waals surface area contributed by atoms with Crippen LogP contribution in [0.5, 0.6) is 0 Å². The minimum absolute atomic E-state index is 0.132. The monoisotopic (exact) mass is 318 g/mol. The van der Waals surface area contributed by atoms with E-state index in [0.717, 1.165) is 5.56 Å². The Morgan fingerprint density at radius 1 is 1.09 bits per heavy atom. The van der Waals surface area contributed by atoms with Crippen LogP contribution >= 0.6 is 0 Å². The highest BCUT2D eigenvalue weighted by molar-refractivity contribution is 7.89. The fourth-order valence-electron chi connectivity index (χ4n) is 2.46. The van der Waals surface area contributed by atoms with Gasteiger partial charge in [-0.15, -0.1) is 0 Å². The molecule has 2 aromatic rings. The van der Waals surface area contributed by atoms with E-state index in [-0.39, 0.29) is 16.6 Å². The maximum atomic E-state index is 12.5. The normalized spacial score (nSPS) is 20.5. The quantitative estimate of drug-likeness (QED) is 0.481. The summed E-state index contributed by atoms with van der Waals surface area (Å²) in [7, 11) is -3.82. The second-order valence-corrected chi connectivity index (χ2v) is 7.00. The largest absolute Gasteiger partial charge is 0.289 e. The molecule has 0 bridgehead atoms. The van der Waals surface area contributed by atoms with Gasteiger partial charge in [-0.2, -0.15) is 4.31 Å². The molecule has 1 fully saturated rings. The first kappa shape index (κ1) is 14.7. The molecule has 0 radical (unpaired) electrons. The molecule has 0 aromatic heterocycles. The van der Waals surface area contributed by atoms with Crippen LogP contribution in [0, 0.1) is 10.1 Å². The number of nitro benzene ring substituents is 1. The molecule has 1 unspecified atom stereocenters. The van der Waals surface area contributed by atoms with E-state index in [1.165, 1.54) is 28.6 Å². The van der Waals surface area contributed by atoms with Gasteiger partial charge < -0.3 is 0 Å². The fraction of sp³-hybridized carbons (Fsp3) is 0.200. The minimum atomic E-state index is -3.82. The molecule has 7 heteroatoms. The fourth-order valence-corrected chi connectivity index (χ4v) is 4.21. The van der Waals surface area contributed by atoms with Crippen LogP contribution in [0.25, 0.3) is 0 Å². The van der Waals surface area contributed by atoms with Gasteiger partial charge in [-0.25, -0.2) is 8.42 Å². The summed E-state index contributed by atoms with van der Waals surface area (Å²) in [5, 5.41) is 11.0. The van der Waals surface area contributed by atoms with Crippen LogP contribution in [0.4, 0.5) is 5.69 Å². The van der Waals surface area contributed by atoms with Crippen molar-refractivity contribution in [1.29, 1.82) is 0 Å². The van der Waals surface area contributed by atoms with Gasteiger partial charge in [0.2, 0.25) is 10.0 Å². The molecular formula is C15H14N2O4S. The first-order chi connectivity index (χ1) is 10.5. The molecule has 1 aliphatic rings. The van der Waals surface area contributed by atoms with E-state index >= 15 is 0 Å². The highest BCUT2D eigenvalue weighted by atomic mass is 32.2. The van der Waals surface area contributed by atoms with Crippen molar-refractivity contribution in [3.63, 3.8) is 0 Å². The van der Waals surface area contributed by atoms with Gasteiger partial charge in [0.25, 0.3) is 5.69 Å². The average Bonchev–Trinajstić information content (AvgIpc) is 3.28. The molecular weight excluding hydrogens is 304 g/mol. The molecule has 1 heterocycles. The first-order valence-corrected chi connectivity index (χ1v) is 8.23. The number of sulfonamides is 1. The average molecular weight is 318 g/mol. The predicted octanol–water partition coefficient (Wildman–Crippen LogP) is 2.21. The highest BCUT2D eigenvalue weighted by Crippen LogP contribution is 2.34. The van der Waals surface area contributed by atoms with Gasteiger partial charge in [-0.05, 0) is 18.1 Å². The molecule has 0 spiro atoms. The van der Waals surface area contributed by atoms with E-state index in [0.29, 0.717) is 13.0 Å². The lowest BCUT2D eigenvalue weighted by molar-refractivity contribution is -0.387. The van der Waals surface area contributed by atoms with E-state index in [2.05, 4.69) is 0 Å². The van der Waals surface area contributed by atoms with Crippen molar-refractivity contribution in [2.45, 2.75) is 17.4 Å². The van der Waals surface area contributed by atoms with Crippen LogP contribution in [0.1, 0.15) is 5.56 Å². The van der Waals surface area contributed by atoms with Crippen LogP contribution in [-0.4, -0.2) is 30.2 Å². The number of benzene rings is 2. The zero-order valence-electron chi connectivity index (χ0n) is 11.6. The summed E-state index contributed by atoms with van der Waals surface area (Å²) in [5.74, 6) is 0. The van der Waals surface area contributed by atoms with Crippen molar-refractivity contribution >= 4 is 15.7 Å². The number of para-hydroxylation sites is 1. The van der Waals surface area contributed by atoms with Gasteiger partial charge in [-0.1, -0.05) is 42.5 Å². The summed E-state index contributed by atoms with van der Waals surface area (Å²) in [5.41, 5.74) is 0.667. The molecule has 22 heavy (non-hydrogen) atoms. The zero-order chi connectivity index (χ0) is 15.7. The standard InChI is InChI=1S/C15H14N2O4S/c18-17(19)14-8-4-5-9-15(14)22(20,21)16-11-13(16)10-12-6-2-1-3-7-12/h1-9,13H,10-11H2/t13-,16?/m0/s1. The van der Waals surface area contributed by atoms with E-state index < -0.39 is 14.9 Å². The molecule has 1 aliphatic heterocycles. The molecule has 6 nitrogen and oxygen atoms in total. The lowest BCUT2D eigenvalue weighted by Gasteiger charge is -2.07. The Balaban J connectivity index is 1.83. The number of hydrogen-bond acceptors (Lipinski definition) is 4. The summed E-state index contributed by atoms with van der Waals surface area (Å²) >= 11 is 0. The number of hydrogen-bond donors (Lipinski definition) is 0. The number of nitro groups is 1. The number of rotatable bonds is 5. The van der Waals surface area contributed by atoms with Crippen molar-refractivity contribution < 1.29 is 13.3 Å². The van der Waals surface area contributed by atoms with Crippen molar-refractivity contribution in [1.82, 2.24) is 4.31 Å². The predicted molar refractivity (Wildman–Crippen MR) is 80.9 cm³/mol. The lowest BCUT2D eigenvalue weighted by Crippen LogP contribution is -2.17. The van der Waals surface area contributed by atoms with E-state index in [9.17, 15) is 18.5 Å². The minimum Gasteiger partial charge on any atom is -0.258 e. The van der Waals surface area contributed by atoms with Gasteiger partial charge in [0, 0.05) is 18.7 Å². The summed E-state index contributed by atoms with van der Waals surface area (Å²) in [6.45, 7) is 0.392. The summed E-state index contributed by atoms with van der Waals surface area (Å²) in [4.78, 5) is 10.1. The van der Waals surface area contributed by atoms with Crippen LogP contribution < -0.4 is 0 Å². The summed E-state index contributed by atoms with van der Waals surface area (Å²) in [6.07, 6.45) is 0.612. The Morgan fingerprint density at radius 3 is 2.41 bits per heavy atom. The molecule has 0 N–H and O–H groups in total.